The number of fused-ring (bicyclic) bond motifs is 1. The first-order valence-electron chi connectivity index (χ1n) is 12.3. The van der Waals surface area contributed by atoms with Crippen LogP contribution in [0.25, 0.3) is 12.3 Å². The van der Waals surface area contributed by atoms with Crippen LogP contribution >= 0.6 is 11.6 Å². The van der Waals surface area contributed by atoms with Crippen LogP contribution < -0.4 is 15.8 Å². The number of rotatable bonds is 7. The number of amides is 2. The molecule has 4 rings (SSSR count). The summed E-state index contributed by atoms with van der Waals surface area (Å²) in [5.74, 6) is 0.384. The Morgan fingerprint density at radius 3 is 2.69 bits per heavy atom. The lowest BCUT2D eigenvalue weighted by Crippen LogP contribution is -2.37. The zero-order valence-corrected chi connectivity index (χ0v) is 21.5. The summed E-state index contributed by atoms with van der Waals surface area (Å²) in [6.45, 7) is 7.61. The zero-order chi connectivity index (χ0) is 24.9. The lowest BCUT2D eigenvalue weighted by molar-refractivity contribution is 0.0784. The molecule has 2 amide bonds. The summed E-state index contributed by atoms with van der Waals surface area (Å²) in [7, 11) is 1.62. The van der Waals surface area contributed by atoms with Crippen LogP contribution in [0.15, 0.2) is 36.4 Å². The summed E-state index contributed by atoms with van der Waals surface area (Å²) in [4.78, 5) is 30.0. The molecule has 35 heavy (non-hydrogen) atoms. The van der Waals surface area contributed by atoms with Crippen LogP contribution in [0.4, 0.5) is 0 Å². The fraction of sp³-hybridized carbons (Fsp3) is 0.429. The molecule has 2 aliphatic rings. The van der Waals surface area contributed by atoms with Crippen LogP contribution in [-0.4, -0.2) is 67.6 Å². The van der Waals surface area contributed by atoms with Crippen molar-refractivity contribution in [2.45, 2.75) is 32.7 Å². The van der Waals surface area contributed by atoms with E-state index in [9.17, 15) is 9.59 Å². The number of nitrogens with one attached hydrogen (secondary N) is 1. The number of methoxy groups -OCH3 is 1. The van der Waals surface area contributed by atoms with Crippen LogP contribution in [0.5, 0.6) is 0 Å². The monoisotopic (exact) mass is 495 g/mol. The van der Waals surface area contributed by atoms with E-state index in [1.807, 2.05) is 24.0 Å². The third-order valence-corrected chi connectivity index (χ3v) is 7.31. The molecule has 1 fully saturated rings. The molecular formula is C28H34ClN3O3. The van der Waals surface area contributed by atoms with Gasteiger partial charge >= 0.3 is 0 Å². The summed E-state index contributed by atoms with van der Waals surface area (Å²) < 4.78 is 5.04. The van der Waals surface area contributed by atoms with E-state index in [0.717, 1.165) is 48.5 Å². The van der Waals surface area contributed by atoms with Gasteiger partial charge in [-0.15, -0.1) is 0 Å². The topological polar surface area (TPSA) is 61.9 Å². The molecule has 2 heterocycles. The maximum absolute atomic E-state index is 12.9. The smallest absolute Gasteiger partial charge is 0.253 e. The predicted molar refractivity (Wildman–Crippen MR) is 140 cm³/mol. The van der Waals surface area contributed by atoms with Crippen molar-refractivity contribution in [3.8, 4) is 0 Å². The van der Waals surface area contributed by atoms with Crippen LogP contribution in [0.1, 0.15) is 46.0 Å². The van der Waals surface area contributed by atoms with E-state index in [2.05, 4.69) is 29.4 Å². The Morgan fingerprint density at radius 1 is 1.17 bits per heavy atom. The van der Waals surface area contributed by atoms with Gasteiger partial charge < -0.3 is 19.9 Å². The number of ether oxygens (including phenoxy) is 1. The van der Waals surface area contributed by atoms with Gasteiger partial charge in [0, 0.05) is 66.9 Å². The minimum atomic E-state index is -0.0771. The molecule has 2 atom stereocenters. The van der Waals surface area contributed by atoms with Gasteiger partial charge in [-0.1, -0.05) is 23.7 Å². The number of hydrogen-bond acceptors (Lipinski definition) is 4. The Kier molecular flexibility index (Phi) is 8.14. The lowest BCUT2D eigenvalue weighted by Gasteiger charge is -2.29. The molecule has 0 aliphatic carbocycles. The fourth-order valence-corrected chi connectivity index (χ4v) is 5.03. The molecule has 2 unspecified atom stereocenters. The van der Waals surface area contributed by atoms with Crippen molar-refractivity contribution in [2.75, 3.05) is 39.9 Å². The molecule has 2 aromatic rings. The summed E-state index contributed by atoms with van der Waals surface area (Å²) in [6, 6.07) is 11.4. The molecule has 2 aliphatic heterocycles. The molecule has 6 nitrogen and oxygen atoms in total. The van der Waals surface area contributed by atoms with Crippen molar-refractivity contribution in [2.24, 2.45) is 5.92 Å². The highest BCUT2D eigenvalue weighted by molar-refractivity contribution is 6.30. The number of carbonyl (C=O) groups is 2. The van der Waals surface area contributed by atoms with Crippen LogP contribution in [-0.2, 0) is 4.74 Å². The van der Waals surface area contributed by atoms with Crippen molar-refractivity contribution in [3.63, 3.8) is 0 Å². The molecule has 0 bridgehead atoms. The van der Waals surface area contributed by atoms with Gasteiger partial charge in [0.15, 0.2) is 0 Å². The number of carbonyl (C=O) groups excluding carboxylic acids is 2. The van der Waals surface area contributed by atoms with Crippen LogP contribution in [0, 0.1) is 12.8 Å². The summed E-state index contributed by atoms with van der Waals surface area (Å²) in [5, 5.41) is 5.82. The van der Waals surface area contributed by atoms with E-state index >= 15 is 0 Å². The van der Waals surface area contributed by atoms with Crippen LogP contribution in [0.3, 0.4) is 0 Å². The van der Waals surface area contributed by atoms with Gasteiger partial charge in [0.05, 0.1) is 6.61 Å². The maximum Gasteiger partial charge on any atom is 0.253 e. The molecule has 1 saturated heterocycles. The van der Waals surface area contributed by atoms with Crippen molar-refractivity contribution < 1.29 is 14.3 Å². The van der Waals surface area contributed by atoms with Crippen molar-refractivity contribution in [1.29, 1.82) is 0 Å². The van der Waals surface area contributed by atoms with Gasteiger partial charge in [-0.3, -0.25) is 9.59 Å². The molecular weight excluding hydrogens is 462 g/mol. The summed E-state index contributed by atoms with van der Waals surface area (Å²) in [5.41, 5.74) is 2.36. The minimum absolute atomic E-state index is 0.0655. The van der Waals surface area contributed by atoms with E-state index in [-0.39, 0.29) is 11.8 Å². The number of benzene rings is 2. The Morgan fingerprint density at radius 2 is 1.94 bits per heavy atom. The molecule has 0 radical (unpaired) electrons. The van der Waals surface area contributed by atoms with Crippen molar-refractivity contribution >= 4 is 35.7 Å². The number of likely N-dealkylation sites (tertiary alicyclic amines) is 1. The fourth-order valence-electron chi connectivity index (χ4n) is 4.90. The SMILES string of the molecule is COCCNC(=O)c1ccc2c(c1C)=CN(CC1CCN(C(=O)c3ccc(Cl)cc3)C1)C(C)CC=2. The number of hydrogen-bond donors (Lipinski definition) is 1. The Labute approximate surface area is 212 Å². The highest BCUT2D eigenvalue weighted by Crippen LogP contribution is 2.22. The van der Waals surface area contributed by atoms with Gasteiger partial charge in [0.2, 0.25) is 0 Å². The standard InChI is InChI=1S/C28H34ClN3O3/c1-19-4-5-22-8-11-25(27(33)30-13-15-35-3)20(2)26(22)18-32(19)17-21-12-14-31(16-21)28(34)23-6-9-24(29)10-7-23/h5-11,18-19,21H,4,12-17H2,1-3H3,(H,30,33). The van der Waals surface area contributed by atoms with Gasteiger partial charge in [-0.2, -0.15) is 0 Å². The van der Waals surface area contributed by atoms with Gasteiger partial charge in [-0.05, 0) is 73.7 Å². The molecule has 186 valence electrons. The molecule has 1 N–H and O–H groups in total. The quantitative estimate of drug-likeness (QED) is 0.600. The van der Waals surface area contributed by atoms with Gasteiger partial charge in [0.1, 0.15) is 0 Å². The van der Waals surface area contributed by atoms with Crippen molar-refractivity contribution in [3.05, 3.63) is 68.5 Å². The average Bonchev–Trinajstić information content (AvgIpc) is 3.25. The first-order chi connectivity index (χ1) is 16.9. The largest absolute Gasteiger partial charge is 0.383 e. The highest BCUT2D eigenvalue weighted by Gasteiger charge is 2.29. The molecule has 0 saturated carbocycles. The second-order valence-electron chi connectivity index (χ2n) is 9.52. The third-order valence-electron chi connectivity index (χ3n) is 7.06. The minimum Gasteiger partial charge on any atom is -0.383 e. The molecule has 0 spiro atoms. The summed E-state index contributed by atoms with van der Waals surface area (Å²) in [6.07, 6.45) is 6.39. The zero-order valence-electron chi connectivity index (χ0n) is 20.7. The highest BCUT2D eigenvalue weighted by atomic mass is 35.5. The van der Waals surface area contributed by atoms with Gasteiger partial charge in [0.25, 0.3) is 11.8 Å². The summed E-state index contributed by atoms with van der Waals surface area (Å²) >= 11 is 5.97. The Balaban J connectivity index is 1.50. The van der Waals surface area contributed by atoms with Gasteiger partial charge in [-0.25, -0.2) is 0 Å². The average molecular weight is 496 g/mol. The second-order valence-corrected chi connectivity index (χ2v) is 9.95. The first kappa shape index (κ1) is 25.3. The predicted octanol–water partition coefficient (Wildman–Crippen LogP) is 2.80. The normalized spacial score (nSPS) is 19.4. The third kappa shape index (κ3) is 5.88. The lowest BCUT2D eigenvalue weighted by atomic mass is 10.0. The second kappa shape index (κ2) is 11.3. The van der Waals surface area contributed by atoms with E-state index in [0.29, 0.717) is 41.3 Å². The van der Waals surface area contributed by atoms with E-state index < -0.39 is 0 Å². The van der Waals surface area contributed by atoms with Crippen LogP contribution in [0.2, 0.25) is 5.02 Å². The van der Waals surface area contributed by atoms with E-state index in [4.69, 9.17) is 16.3 Å². The van der Waals surface area contributed by atoms with E-state index in [1.54, 1.807) is 31.4 Å². The number of nitrogens with zero attached hydrogens (tertiary/aromatic N) is 2. The Hall–Kier alpha value is -2.83. The maximum atomic E-state index is 12.9. The number of halogens is 1. The Bertz CT molecular complexity index is 1200. The molecule has 7 heteroatoms. The first-order valence-corrected chi connectivity index (χ1v) is 12.6. The van der Waals surface area contributed by atoms with E-state index in [1.165, 1.54) is 0 Å². The molecule has 2 aromatic carbocycles. The van der Waals surface area contributed by atoms with Crippen molar-refractivity contribution in [1.82, 2.24) is 15.1 Å². The molecule has 0 aromatic heterocycles.